The standard InChI is InChI=1S/C22H23Cl2N5O9S/c1-39(36,37)27-12-4-5-16(30)28-6-2-3-15(29(28)22(12)35)20(34)25-13(9-17(31)32)18(33)21-26-14-8-10(23)7-11(24)19(14)38-21/h7-8,12-13,15,27H,2-6,9H2,1H3,(H,25,34)(H,31,32). The monoisotopic (exact) mass is 603 g/mol. The number of rotatable bonds is 8. The number of fused-ring (bicyclic) bond motifs is 2. The van der Waals surface area contributed by atoms with E-state index in [1.807, 2.05) is 0 Å². The highest BCUT2D eigenvalue weighted by Crippen LogP contribution is 2.29. The topological polar surface area (TPSA) is 196 Å². The molecule has 3 unspecified atom stereocenters. The lowest BCUT2D eigenvalue weighted by Crippen LogP contribution is -2.64. The molecule has 2 aliphatic heterocycles. The van der Waals surface area contributed by atoms with E-state index < -0.39 is 69.9 Å². The number of oxazole rings is 1. The molecule has 0 bridgehead atoms. The van der Waals surface area contributed by atoms with Gasteiger partial charge in [-0.15, -0.1) is 0 Å². The lowest BCUT2D eigenvalue weighted by atomic mass is 10.0. The Hall–Kier alpha value is -3.27. The lowest BCUT2D eigenvalue weighted by Gasteiger charge is -2.43. The normalized spacial score (nSPS) is 20.9. The average molecular weight is 604 g/mol. The Morgan fingerprint density at radius 1 is 1.23 bits per heavy atom. The van der Waals surface area contributed by atoms with E-state index in [9.17, 15) is 37.5 Å². The minimum absolute atomic E-state index is 0.0332. The second kappa shape index (κ2) is 11.1. The van der Waals surface area contributed by atoms with Gasteiger partial charge in [-0.05, 0) is 31.4 Å². The van der Waals surface area contributed by atoms with Gasteiger partial charge in [-0.25, -0.2) is 23.1 Å². The van der Waals surface area contributed by atoms with Crippen LogP contribution >= 0.6 is 23.2 Å². The fourth-order valence-corrected chi connectivity index (χ4v) is 5.76. The highest BCUT2D eigenvalue weighted by molar-refractivity contribution is 7.88. The van der Waals surface area contributed by atoms with Crippen molar-refractivity contribution in [1.29, 1.82) is 0 Å². The van der Waals surface area contributed by atoms with Crippen molar-refractivity contribution < 1.29 is 41.9 Å². The number of hydrogen-bond acceptors (Lipinski definition) is 9. The van der Waals surface area contributed by atoms with Gasteiger partial charge >= 0.3 is 5.97 Å². The number of hydrazine groups is 1. The van der Waals surface area contributed by atoms with Gasteiger partial charge in [-0.1, -0.05) is 23.2 Å². The van der Waals surface area contributed by atoms with Crippen molar-refractivity contribution in [3.8, 4) is 0 Å². The predicted octanol–water partition coefficient (Wildman–Crippen LogP) is 0.723. The number of halogens is 2. The average Bonchev–Trinajstić information content (AvgIpc) is 3.23. The van der Waals surface area contributed by atoms with E-state index in [4.69, 9.17) is 27.6 Å². The maximum atomic E-state index is 13.4. The largest absolute Gasteiger partial charge is 0.481 e. The van der Waals surface area contributed by atoms with Crippen LogP contribution in [0.3, 0.4) is 0 Å². The molecular formula is C22H23Cl2N5O9S. The molecule has 0 spiro atoms. The lowest BCUT2D eigenvalue weighted by molar-refractivity contribution is -0.176. The van der Waals surface area contributed by atoms with Crippen molar-refractivity contribution in [1.82, 2.24) is 25.0 Å². The summed E-state index contributed by atoms with van der Waals surface area (Å²) in [6.45, 7) is 0.115. The Balaban J connectivity index is 1.62. The third-order valence-electron chi connectivity index (χ3n) is 6.15. The van der Waals surface area contributed by atoms with Gasteiger partial charge in [0.15, 0.2) is 5.58 Å². The van der Waals surface area contributed by atoms with Crippen molar-refractivity contribution in [3.05, 3.63) is 28.1 Å². The second-order valence-electron chi connectivity index (χ2n) is 9.12. The summed E-state index contributed by atoms with van der Waals surface area (Å²) in [7, 11) is -3.83. The van der Waals surface area contributed by atoms with Crippen molar-refractivity contribution in [2.45, 2.75) is 50.2 Å². The molecule has 17 heteroatoms. The van der Waals surface area contributed by atoms with E-state index in [2.05, 4.69) is 15.0 Å². The maximum Gasteiger partial charge on any atom is 0.305 e. The first-order chi connectivity index (χ1) is 18.2. The van der Waals surface area contributed by atoms with Gasteiger partial charge in [0, 0.05) is 18.0 Å². The van der Waals surface area contributed by atoms with Crippen LogP contribution in [0.15, 0.2) is 16.5 Å². The molecule has 14 nitrogen and oxygen atoms in total. The maximum absolute atomic E-state index is 13.4. The summed E-state index contributed by atoms with van der Waals surface area (Å²) < 4.78 is 31.2. The summed E-state index contributed by atoms with van der Waals surface area (Å²) in [4.78, 5) is 68.2. The van der Waals surface area contributed by atoms with E-state index >= 15 is 0 Å². The Bertz CT molecular complexity index is 1480. The molecule has 0 aliphatic carbocycles. The number of benzene rings is 1. The van der Waals surface area contributed by atoms with Gasteiger partial charge in [-0.2, -0.15) is 0 Å². The molecule has 2 aromatic rings. The van der Waals surface area contributed by atoms with Crippen LogP contribution in [0.2, 0.25) is 10.0 Å². The minimum atomic E-state index is -3.83. The third-order valence-corrected chi connectivity index (χ3v) is 7.36. The van der Waals surface area contributed by atoms with Crippen molar-refractivity contribution >= 4 is 73.8 Å². The first-order valence-electron chi connectivity index (χ1n) is 11.7. The molecule has 1 aromatic heterocycles. The number of ketones is 1. The highest BCUT2D eigenvalue weighted by atomic mass is 35.5. The number of carbonyl (C=O) groups is 5. The number of carboxylic acid groups (broad SMARTS) is 1. The molecule has 2 aliphatic rings. The number of carbonyl (C=O) groups excluding carboxylic acids is 4. The summed E-state index contributed by atoms with van der Waals surface area (Å²) in [6, 6.07) is -1.53. The van der Waals surface area contributed by atoms with Crippen molar-refractivity contribution in [2.24, 2.45) is 0 Å². The van der Waals surface area contributed by atoms with Gasteiger partial charge in [0.2, 0.25) is 27.6 Å². The molecule has 210 valence electrons. The number of carboxylic acids is 1. The molecule has 1 aromatic carbocycles. The quantitative estimate of drug-likeness (QED) is 0.361. The number of hydrogen-bond donors (Lipinski definition) is 3. The molecule has 3 N–H and O–H groups in total. The van der Waals surface area contributed by atoms with E-state index in [0.717, 1.165) is 16.3 Å². The Kier molecular flexibility index (Phi) is 8.16. The molecule has 3 atom stereocenters. The Morgan fingerprint density at radius 3 is 2.62 bits per heavy atom. The van der Waals surface area contributed by atoms with E-state index in [-0.39, 0.29) is 47.0 Å². The number of nitrogens with zero attached hydrogens (tertiary/aromatic N) is 3. The zero-order valence-corrected chi connectivity index (χ0v) is 22.7. The summed E-state index contributed by atoms with van der Waals surface area (Å²) >= 11 is 12.0. The second-order valence-corrected chi connectivity index (χ2v) is 11.7. The van der Waals surface area contributed by atoms with Crippen LogP contribution in [0.25, 0.3) is 11.1 Å². The van der Waals surface area contributed by atoms with Gasteiger partial charge < -0.3 is 14.8 Å². The van der Waals surface area contributed by atoms with E-state index in [1.54, 1.807) is 0 Å². The molecule has 0 saturated carbocycles. The summed E-state index contributed by atoms with van der Waals surface area (Å²) in [5, 5.41) is 14.0. The number of aliphatic carboxylic acids is 1. The van der Waals surface area contributed by atoms with Crippen LogP contribution in [0.4, 0.5) is 0 Å². The Morgan fingerprint density at radius 2 is 1.95 bits per heavy atom. The summed E-state index contributed by atoms with van der Waals surface area (Å²) in [5.41, 5.74) is 0.170. The number of Topliss-reactive ketones (excluding diaryl/α,β-unsaturated/α-hetero) is 1. The molecule has 3 amide bonds. The molecule has 0 radical (unpaired) electrons. The highest BCUT2D eigenvalue weighted by Gasteiger charge is 2.45. The van der Waals surface area contributed by atoms with Crippen LogP contribution in [-0.4, -0.2) is 88.9 Å². The van der Waals surface area contributed by atoms with Gasteiger partial charge in [-0.3, -0.25) is 29.0 Å². The number of sulfonamides is 1. The number of nitrogens with one attached hydrogen (secondary N) is 2. The minimum Gasteiger partial charge on any atom is -0.481 e. The number of amides is 3. The van der Waals surface area contributed by atoms with E-state index in [0.29, 0.717) is 6.42 Å². The molecule has 2 fully saturated rings. The zero-order valence-electron chi connectivity index (χ0n) is 20.3. The van der Waals surface area contributed by atoms with Crippen LogP contribution in [0.1, 0.15) is 42.8 Å². The summed E-state index contributed by atoms with van der Waals surface area (Å²) in [5.74, 6) is -5.15. The molecule has 2 saturated heterocycles. The first kappa shape index (κ1) is 28.7. The van der Waals surface area contributed by atoms with E-state index in [1.165, 1.54) is 12.1 Å². The molecular weight excluding hydrogens is 581 g/mol. The molecule has 3 heterocycles. The van der Waals surface area contributed by atoms with Crippen molar-refractivity contribution in [3.63, 3.8) is 0 Å². The summed E-state index contributed by atoms with van der Waals surface area (Å²) in [6.07, 6.45) is 0.141. The number of aromatic nitrogens is 1. The molecule has 39 heavy (non-hydrogen) atoms. The molecule has 4 rings (SSSR count). The van der Waals surface area contributed by atoms with Crippen molar-refractivity contribution in [2.75, 3.05) is 12.8 Å². The first-order valence-corrected chi connectivity index (χ1v) is 14.3. The smallest absolute Gasteiger partial charge is 0.305 e. The zero-order chi connectivity index (χ0) is 28.6. The fourth-order valence-electron chi connectivity index (χ4n) is 4.51. The van der Waals surface area contributed by atoms with Gasteiger partial charge in [0.25, 0.3) is 11.8 Å². The predicted molar refractivity (Wildman–Crippen MR) is 135 cm³/mol. The van der Waals surface area contributed by atoms with Gasteiger partial charge in [0.1, 0.15) is 23.6 Å². The van der Waals surface area contributed by atoms with Gasteiger partial charge in [0.05, 0.1) is 17.7 Å². The van der Waals surface area contributed by atoms with Crippen LogP contribution in [-0.2, 0) is 29.2 Å². The third kappa shape index (κ3) is 6.32. The van der Waals surface area contributed by atoms with Crippen LogP contribution < -0.4 is 10.0 Å². The SMILES string of the molecule is CS(=O)(=O)NC1CCC(=O)N2CCCC(C(=O)NC(CC(=O)O)C(=O)c3nc4cc(Cl)cc(Cl)c4o3)N2C1=O. The Labute approximate surface area is 231 Å². The van der Waals surface area contributed by atoms with Crippen LogP contribution in [0, 0.1) is 0 Å². The fraction of sp³-hybridized carbons (Fsp3) is 0.455. The van der Waals surface area contributed by atoms with Crippen LogP contribution in [0.5, 0.6) is 0 Å².